The van der Waals surface area contributed by atoms with Crippen LogP contribution in [-0.4, -0.2) is 51.9 Å². The minimum absolute atomic E-state index is 0.0317. The summed E-state index contributed by atoms with van der Waals surface area (Å²) in [5, 5.41) is 8.57. The molecule has 0 unspecified atom stereocenters. The number of amides is 1. The molecule has 1 aliphatic rings. The zero-order chi connectivity index (χ0) is 20.3. The second-order valence-electron chi connectivity index (χ2n) is 6.82. The summed E-state index contributed by atoms with van der Waals surface area (Å²) in [6.45, 7) is 5.39. The molecule has 2 aromatic carbocycles. The third kappa shape index (κ3) is 5.23. The second-order valence-corrected chi connectivity index (χ2v) is 8.81. The van der Waals surface area contributed by atoms with E-state index in [2.05, 4.69) is 22.0 Å². The number of halogens is 1. The number of hydrogen-bond donors (Lipinski definition) is 2. The fraction of sp³-hybridized carbons (Fsp3) is 0.316. The molecule has 1 aliphatic heterocycles. The molecular weight excluding hydrogens is 400 g/mol. The van der Waals surface area contributed by atoms with Crippen molar-refractivity contribution >= 4 is 38.9 Å². The van der Waals surface area contributed by atoms with Crippen molar-refractivity contribution < 1.29 is 13.2 Å². The summed E-state index contributed by atoms with van der Waals surface area (Å²) in [4.78, 5) is 16.6. The first-order valence-corrected chi connectivity index (χ1v) is 10.8. The summed E-state index contributed by atoms with van der Waals surface area (Å²) >= 11 is 6.11. The van der Waals surface area contributed by atoms with Crippen molar-refractivity contribution in [3.63, 3.8) is 0 Å². The molecule has 0 aliphatic carbocycles. The van der Waals surface area contributed by atoms with Gasteiger partial charge in [0.15, 0.2) is 0 Å². The fourth-order valence-electron chi connectivity index (χ4n) is 3.22. The van der Waals surface area contributed by atoms with E-state index >= 15 is 0 Å². The van der Waals surface area contributed by atoms with Gasteiger partial charge in [0.25, 0.3) is 0 Å². The van der Waals surface area contributed by atoms with Crippen LogP contribution in [0.4, 0.5) is 11.4 Å². The lowest BCUT2D eigenvalue weighted by Gasteiger charge is -2.36. The van der Waals surface area contributed by atoms with Gasteiger partial charge in [0.1, 0.15) is 0 Å². The quantitative estimate of drug-likeness (QED) is 0.768. The molecule has 150 valence electrons. The van der Waals surface area contributed by atoms with Gasteiger partial charge >= 0.3 is 0 Å². The maximum absolute atomic E-state index is 12.3. The average molecular weight is 423 g/mol. The predicted octanol–water partition coefficient (Wildman–Crippen LogP) is 2.06. The highest BCUT2D eigenvalue weighted by atomic mass is 35.5. The van der Waals surface area contributed by atoms with Gasteiger partial charge in [0.05, 0.1) is 11.4 Å². The van der Waals surface area contributed by atoms with E-state index < -0.39 is 10.0 Å². The number of carbonyl (C=O) groups excluding carboxylic acids is 1. The van der Waals surface area contributed by atoms with Gasteiger partial charge in [-0.05, 0) is 42.8 Å². The first-order valence-electron chi connectivity index (χ1n) is 8.88. The number of benzene rings is 2. The predicted molar refractivity (Wildman–Crippen MR) is 111 cm³/mol. The zero-order valence-electron chi connectivity index (χ0n) is 15.6. The molecule has 0 spiro atoms. The maximum Gasteiger partial charge on any atom is 0.238 e. The van der Waals surface area contributed by atoms with Gasteiger partial charge in [-0.25, -0.2) is 13.6 Å². The SMILES string of the molecule is Cc1ccc(Cl)cc1N1CCN(CC(=O)Nc2cccc(S(N)(=O)=O)c2)CC1. The van der Waals surface area contributed by atoms with Crippen LogP contribution in [0, 0.1) is 6.92 Å². The summed E-state index contributed by atoms with van der Waals surface area (Å²) < 4.78 is 22.8. The molecule has 28 heavy (non-hydrogen) atoms. The molecule has 0 atom stereocenters. The highest BCUT2D eigenvalue weighted by Gasteiger charge is 2.20. The van der Waals surface area contributed by atoms with Crippen molar-refractivity contribution in [2.75, 3.05) is 42.9 Å². The highest BCUT2D eigenvalue weighted by Crippen LogP contribution is 2.25. The normalized spacial score (nSPS) is 15.5. The lowest BCUT2D eigenvalue weighted by atomic mass is 10.1. The number of anilines is 2. The van der Waals surface area contributed by atoms with Crippen LogP contribution >= 0.6 is 11.6 Å². The molecular formula is C19H23ClN4O3S. The van der Waals surface area contributed by atoms with Crippen molar-refractivity contribution in [1.29, 1.82) is 0 Å². The molecule has 0 saturated carbocycles. The largest absolute Gasteiger partial charge is 0.369 e. The number of carbonyl (C=O) groups is 1. The summed E-state index contributed by atoms with van der Waals surface area (Å²) in [5.41, 5.74) is 2.70. The van der Waals surface area contributed by atoms with E-state index in [1.165, 1.54) is 17.7 Å². The molecule has 3 rings (SSSR count). The van der Waals surface area contributed by atoms with Crippen molar-refractivity contribution in [2.45, 2.75) is 11.8 Å². The van der Waals surface area contributed by atoms with Gasteiger partial charge in [-0.3, -0.25) is 9.69 Å². The number of hydrogen-bond acceptors (Lipinski definition) is 5. The standard InChI is InChI=1S/C19H23ClN4O3S/c1-14-5-6-15(20)11-18(14)24-9-7-23(8-10-24)13-19(25)22-16-3-2-4-17(12-16)28(21,26)27/h2-6,11-12H,7-10,13H2,1H3,(H,22,25)(H2,21,26,27). The molecule has 2 aromatic rings. The Bertz CT molecular complexity index is 973. The van der Waals surface area contributed by atoms with Crippen LogP contribution in [0.1, 0.15) is 5.56 Å². The van der Waals surface area contributed by atoms with E-state index in [9.17, 15) is 13.2 Å². The highest BCUT2D eigenvalue weighted by molar-refractivity contribution is 7.89. The number of nitrogens with two attached hydrogens (primary N) is 1. The number of primary sulfonamides is 1. The molecule has 1 amide bonds. The number of sulfonamides is 1. The third-order valence-corrected chi connectivity index (χ3v) is 5.84. The molecule has 7 nitrogen and oxygen atoms in total. The van der Waals surface area contributed by atoms with E-state index in [1.807, 2.05) is 18.2 Å². The van der Waals surface area contributed by atoms with Crippen LogP contribution < -0.4 is 15.4 Å². The van der Waals surface area contributed by atoms with Crippen molar-refractivity contribution in [3.05, 3.63) is 53.1 Å². The Morgan fingerprint density at radius 1 is 1.14 bits per heavy atom. The maximum atomic E-state index is 12.3. The van der Waals surface area contributed by atoms with Crippen LogP contribution in [0.5, 0.6) is 0 Å². The smallest absolute Gasteiger partial charge is 0.238 e. The summed E-state index contributed by atoms with van der Waals surface area (Å²) in [6, 6.07) is 11.8. The van der Waals surface area contributed by atoms with E-state index in [-0.39, 0.29) is 17.3 Å². The van der Waals surface area contributed by atoms with Gasteiger partial charge in [-0.1, -0.05) is 23.7 Å². The average Bonchev–Trinajstić information content (AvgIpc) is 2.64. The van der Waals surface area contributed by atoms with Crippen LogP contribution in [0.3, 0.4) is 0 Å². The van der Waals surface area contributed by atoms with Gasteiger partial charge in [0.2, 0.25) is 15.9 Å². The lowest BCUT2D eigenvalue weighted by molar-refractivity contribution is -0.117. The molecule has 1 saturated heterocycles. The van der Waals surface area contributed by atoms with Gasteiger partial charge in [0, 0.05) is 42.6 Å². The lowest BCUT2D eigenvalue weighted by Crippen LogP contribution is -2.48. The second kappa shape index (κ2) is 8.48. The molecule has 3 N–H and O–H groups in total. The summed E-state index contributed by atoms with van der Waals surface area (Å²) in [7, 11) is -3.80. The molecule has 9 heteroatoms. The Morgan fingerprint density at radius 3 is 2.54 bits per heavy atom. The fourth-order valence-corrected chi connectivity index (χ4v) is 3.95. The van der Waals surface area contributed by atoms with Crippen LogP contribution in [0.25, 0.3) is 0 Å². The van der Waals surface area contributed by atoms with Gasteiger partial charge < -0.3 is 10.2 Å². The minimum atomic E-state index is -3.80. The van der Waals surface area contributed by atoms with Crippen LogP contribution in [0.2, 0.25) is 5.02 Å². The Balaban J connectivity index is 1.55. The number of piperazine rings is 1. The zero-order valence-corrected chi connectivity index (χ0v) is 17.1. The Kier molecular flexibility index (Phi) is 6.24. The molecule has 0 bridgehead atoms. The summed E-state index contributed by atoms with van der Waals surface area (Å²) in [5.74, 6) is -0.195. The Hall–Kier alpha value is -2.13. The minimum Gasteiger partial charge on any atom is -0.369 e. The first kappa shape index (κ1) is 20.6. The first-order chi connectivity index (χ1) is 13.2. The number of nitrogens with zero attached hydrogens (tertiary/aromatic N) is 2. The Labute approximate surface area is 170 Å². The monoisotopic (exact) mass is 422 g/mol. The van der Waals surface area contributed by atoms with Crippen LogP contribution in [0.15, 0.2) is 47.4 Å². The van der Waals surface area contributed by atoms with E-state index in [0.29, 0.717) is 10.7 Å². The number of rotatable bonds is 5. The molecule has 1 heterocycles. The van der Waals surface area contributed by atoms with Gasteiger partial charge in [-0.15, -0.1) is 0 Å². The summed E-state index contributed by atoms with van der Waals surface area (Å²) in [6.07, 6.45) is 0. The number of aryl methyl sites for hydroxylation is 1. The molecule has 0 aromatic heterocycles. The van der Waals surface area contributed by atoms with E-state index in [1.54, 1.807) is 12.1 Å². The van der Waals surface area contributed by atoms with E-state index in [0.717, 1.165) is 31.9 Å². The molecule has 0 radical (unpaired) electrons. The third-order valence-electron chi connectivity index (χ3n) is 4.70. The molecule has 1 fully saturated rings. The van der Waals surface area contributed by atoms with E-state index in [4.69, 9.17) is 16.7 Å². The van der Waals surface area contributed by atoms with Gasteiger partial charge in [-0.2, -0.15) is 0 Å². The van der Waals surface area contributed by atoms with Crippen molar-refractivity contribution in [3.8, 4) is 0 Å². The van der Waals surface area contributed by atoms with Crippen molar-refractivity contribution in [1.82, 2.24) is 4.90 Å². The van der Waals surface area contributed by atoms with Crippen molar-refractivity contribution in [2.24, 2.45) is 5.14 Å². The topological polar surface area (TPSA) is 95.7 Å². The van der Waals surface area contributed by atoms with Crippen LogP contribution in [-0.2, 0) is 14.8 Å². The Morgan fingerprint density at radius 2 is 1.86 bits per heavy atom. The number of nitrogens with one attached hydrogen (secondary N) is 1.